The zero-order valence-corrected chi connectivity index (χ0v) is 10.7. The fourth-order valence-corrected chi connectivity index (χ4v) is 1.89. The lowest BCUT2D eigenvalue weighted by atomic mass is 10.2. The van der Waals surface area contributed by atoms with E-state index >= 15 is 0 Å². The largest absolute Gasteiger partial charge is 0.573 e. The molecule has 1 fully saturated rings. The fourth-order valence-electron chi connectivity index (χ4n) is 1.89. The molecule has 2 rings (SSSR count). The summed E-state index contributed by atoms with van der Waals surface area (Å²) >= 11 is 0. The first-order valence-electron chi connectivity index (χ1n) is 6.11. The van der Waals surface area contributed by atoms with Gasteiger partial charge in [0, 0.05) is 6.54 Å². The molecule has 0 saturated heterocycles. The van der Waals surface area contributed by atoms with E-state index < -0.39 is 24.2 Å². The number of carbonyl (C=O) groups is 2. The van der Waals surface area contributed by atoms with Gasteiger partial charge in [-0.15, -0.1) is 13.2 Å². The van der Waals surface area contributed by atoms with Crippen LogP contribution in [0.2, 0.25) is 0 Å². The van der Waals surface area contributed by atoms with Gasteiger partial charge in [-0.25, -0.2) is 0 Å². The van der Waals surface area contributed by atoms with Gasteiger partial charge in [0.25, 0.3) is 0 Å². The van der Waals surface area contributed by atoms with Crippen LogP contribution in [0.3, 0.4) is 0 Å². The number of amides is 1. The predicted octanol–water partition coefficient (Wildman–Crippen LogP) is 1.92. The summed E-state index contributed by atoms with van der Waals surface area (Å²) in [5, 5.41) is 11.2. The molecule has 114 valence electrons. The van der Waals surface area contributed by atoms with Crippen molar-refractivity contribution < 1.29 is 32.6 Å². The SMILES string of the molecule is O=C(NCc1ccc(OC(F)(F)F)cc1)[C@H]1C[C@H]1C(=O)O. The van der Waals surface area contributed by atoms with Crippen molar-refractivity contribution in [2.24, 2.45) is 11.8 Å². The normalized spacial score (nSPS) is 20.7. The second-order valence-electron chi connectivity index (χ2n) is 4.70. The highest BCUT2D eigenvalue weighted by atomic mass is 19.4. The fraction of sp³-hybridized carbons (Fsp3) is 0.385. The Morgan fingerprint density at radius 1 is 1.24 bits per heavy atom. The highest BCUT2D eigenvalue weighted by Crippen LogP contribution is 2.38. The molecule has 8 heteroatoms. The number of carboxylic acid groups (broad SMARTS) is 1. The van der Waals surface area contributed by atoms with Crippen LogP contribution in [-0.2, 0) is 16.1 Å². The maximum Gasteiger partial charge on any atom is 0.573 e. The van der Waals surface area contributed by atoms with Gasteiger partial charge in [-0.3, -0.25) is 9.59 Å². The number of carboxylic acids is 1. The molecule has 1 aromatic carbocycles. The second kappa shape index (κ2) is 5.63. The number of hydrogen-bond acceptors (Lipinski definition) is 3. The topological polar surface area (TPSA) is 75.6 Å². The molecule has 0 aromatic heterocycles. The second-order valence-corrected chi connectivity index (χ2v) is 4.70. The van der Waals surface area contributed by atoms with Gasteiger partial charge in [-0.1, -0.05) is 12.1 Å². The van der Waals surface area contributed by atoms with Crippen LogP contribution in [0.25, 0.3) is 0 Å². The number of ether oxygens (including phenoxy) is 1. The molecule has 21 heavy (non-hydrogen) atoms. The summed E-state index contributed by atoms with van der Waals surface area (Å²) in [6, 6.07) is 5.07. The van der Waals surface area contributed by atoms with E-state index in [1.165, 1.54) is 12.1 Å². The highest BCUT2D eigenvalue weighted by molar-refractivity contribution is 5.89. The summed E-state index contributed by atoms with van der Waals surface area (Å²) in [6.07, 6.45) is -4.42. The van der Waals surface area contributed by atoms with Crippen molar-refractivity contribution in [1.29, 1.82) is 0 Å². The van der Waals surface area contributed by atoms with E-state index in [4.69, 9.17) is 5.11 Å². The van der Waals surface area contributed by atoms with E-state index in [-0.39, 0.29) is 18.2 Å². The van der Waals surface area contributed by atoms with E-state index in [1.807, 2.05) is 0 Å². The van der Waals surface area contributed by atoms with Gasteiger partial charge in [-0.2, -0.15) is 0 Å². The number of rotatable bonds is 5. The number of aliphatic carboxylic acids is 1. The van der Waals surface area contributed by atoms with Gasteiger partial charge < -0.3 is 15.2 Å². The summed E-state index contributed by atoms with van der Waals surface area (Å²) in [4.78, 5) is 22.2. The van der Waals surface area contributed by atoms with Gasteiger partial charge in [0.1, 0.15) is 5.75 Å². The number of hydrogen-bond donors (Lipinski definition) is 2. The molecule has 0 heterocycles. The molecule has 5 nitrogen and oxygen atoms in total. The summed E-state index contributed by atoms with van der Waals surface area (Å²) in [5.74, 6) is -2.85. The van der Waals surface area contributed by atoms with Crippen LogP contribution in [-0.4, -0.2) is 23.3 Å². The van der Waals surface area contributed by atoms with Gasteiger partial charge in [0.2, 0.25) is 5.91 Å². The summed E-state index contributed by atoms with van der Waals surface area (Å²) in [7, 11) is 0. The molecule has 2 N–H and O–H groups in total. The molecule has 0 aliphatic heterocycles. The molecular formula is C13H12F3NO4. The van der Waals surface area contributed by atoms with Crippen molar-refractivity contribution in [3.63, 3.8) is 0 Å². The monoisotopic (exact) mass is 303 g/mol. The van der Waals surface area contributed by atoms with E-state index in [9.17, 15) is 22.8 Å². The number of alkyl halides is 3. The predicted molar refractivity (Wildman–Crippen MR) is 64.2 cm³/mol. The standard InChI is InChI=1S/C13H12F3NO4/c14-13(15,16)21-8-3-1-7(2-4-8)6-17-11(18)9-5-10(9)12(19)20/h1-4,9-10H,5-6H2,(H,17,18)(H,19,20)/t9-,10+/m0/s1. The molecule has 2 atom stereocenters. The number of nitrogens with one attached hydrogen (secondary N) is 1. The summed E-state index contributed by atoms with van der Waals surface area (Å²) in [5.41, 5.74) is 0.588. The van der Waals surface area contributed by atoms with E-state index in [1.54, 1.807) is 0 Å². The third-order valence-corrected chi connectivity index (χ3v) is 3.07. The summed E-state index contributed by atoms with van der Waals surface area (Å²) in [6.45, 7) is 0.119. The number of carbonyl (C=O) groups excluding carboxylic acids is 1. The Bertz CT molecular complexity index is 541. The van der Waals surface area contributed by atoms with Crippen molar-refractivity contribution in [3.05, 3.63) is 29.8 Å². The maximum atomic E-state index is 12.0. The molecule has 1 saturated carbocycles. The van der Waals surface area contributed by atoms with Crippen LogP contribution < -0.4 is 10.1 Å². The van der Waals surface area contributed by atoms with Gasteiger partial charge in [-0.05, 0) is 24.1 Å². The quantitative estimate of drug-likeness (QED) is 0.871. The molecular weight excluding hydrogens is 291 g/mol. The van der Waals surface area contributed by atoms with Crippen molar-refractivity contribution in [2.75, 3.05) is 0 Å². The van der Waals surface area contributed by atoms with E-state index in [2.05, 4.69) is 10.1 Å². The Morgan fingerprint density at radius 3 is 2.33 bits per heavy atom. The zero-order chi connectivity index (χ0) is 15.6. The first kappa shape index (κ1) is 15.1. The Hall–Kier alpha value is -2.25. The lowest BCUT2D eigenvalue weighted by molar-refractivity contribution is -0.274. The van der Waals surface area contributed by atoms with Crippen molar-refractivity contribution in [1.82, 2.24) is 5.32 Å². The van der Waals surface area contributed by atoms with Crippen LogP contribution in [0.5, 0.6) is 5.75 Å². The van der Waals surface area contributed by atoms with Crippen LogP contribution in [0, 0.1) is 11.8 Å². The Labute approximate surface area is 117 Å². The molecule has 1 aromatic rings. The third kappa shape index (κ3) is 4.37. The summed E-state index contributed by atoms with van der Waals surface area (Å²) < 4.78 is 39.6. The minimum atomic E-state index is -4.74. The van der Waals surface area contributed by atoms with Crippen LogP contribution in [0.15, 0.2) is 24.3 Å². The van der Waals surface area contributed by atoms with E-state index in [0.29, 0.717) is 12.0 Å². The molecule has 1 amide bonds. The van der Waals surface area contributed by atoms with Crippen LogP contribution >= 0.6 is 0 Å². The molecule has 1 aliphatic rings. The minimum absolute atomic E-state index is 0.119. The Kier molecular flexibility index (Phi) is 4.06. The lowest BCUT2D eigenvalue weighted by Crippen LogP contribution is -2.25. The van der Waals surface area contributed by atoms with Gasteiger partial charge in [0.05, 0.1) is 11.8 Å². The number of benzene rings is 1. The Balaban J connectivity index is 1.82. The van der Waals surface area contributed by atoms with Crippen molar-refractivity contribution in [2.45, 2.75) is 19.3 Å². The Morgan fingerprint density at radius 2 is 1.86 bits per heavy atom. The molecule has 0 bridgehead atoms. The maximum absolute atomic E-state index is 12.0. The molecule has 1 aliphatic carbocycles. The average molecular weight is 303 g/mol. The number of halogens is 3. The van der Waals surface area contributed by atoms with Gasteiger partial charge >= 0.3 is 12.3 Å². The van der Waals surface area contributed by atoms with Crippen LogP contribution in [0.4, 0.5) is 13.2 Å². The molecule has 0 spiro atoms. The minimum Gasteiger partial charge on any atom is -0.481 e. The molecule has 0 unspecified atom stereocenters. The van der Waals surface area contributed by atoms with Crippen molar-refractivity contribution in [3.8, 4) is 5.75 Å². The molecule has 0 radical (unpaired) electrons. The first-order chi connectivity index (χ1) is 9.76. The first-order valence-corrected chi connectivity index (χ1v) is 6.11. The smallest absolute Gasteiger partial charge is 0.481 e. The third-order valence-electron chi connectivity index (χ3n) is 3.07. The average Bonchev–Trinajstić information content (AvgIpc) is 3.16. The van der Waals surface area contributed by atoms with E-state index in [0.717, 1.165) is 12.1 Å². The zero-order valence-electron chi connectivity index (χ0n) is 10.7. The van der Waals surface area contributed by atoms with Crippen molar-refractivity contribution >= 4 is 11.9 Å². The van der Waals surface area contributed by atoms with Crippen LogP contribution in [0.1, 0.15) is 12.0 Å². The highest BCUT2D eigenvalue weighted by Gasteiger charge is 2.48. The van der Waals surface area contributed by atoms with Gasteiger partial charge in [0.15, 0.2) is 0 Å². The lowest BCUT2D eigenvalue weighted by Gasteiger charge is -2.09.